The molecule has 0 aliphatic rings. The van der Waals surface area contributed by atoms with Crippen LogP contribution in [0.1, 0.15) is 25.6 Å². The Morgan fingerprint density at radius 3 is 2.64 bits per heavy atom. The number of pyridine rings is 1. The fraction of sp³-hybridized carbons (Fsp3) is 0.364. The predicted molar refractivity (Wildman–Crippen MR) is 62.7 cm³/mol. The zero-order valence-electron chi connectivity index (χ0n) is 8.66. The maximum atomic E-state index is 5.64. The highest BCUT2D eigenvalue weighted by atomic mass is 32.1. The second-order valence-corrected chi connectivity index (χ2v) is 5.59. The Balaban J connectivity index is 2.63. The first-order chi connectivity index (χ1) is 6.47. The average Bonchev–Trinajstić information content (AvgIpc) is 2.45. The third-order valence-electron chi connectivity index (χ3n) is 2.16. The highest BCUT2D eigenvalue weighted by Crippen LogP contribution is 2.34. The van der Waals surface area contributed by atoms with Gasteiger partial charge in [-0.3, -0.25) is 0 Å². The van der Waals surface area contributed by atoms with Crippen molar-refractivity contribution in [2.45, 2.75) is 26.2 Å². The highest BCUT2D eigenvalue weighted by molar-refractivity contribution is 7.19. The molecule has 14 heavy (non-hydrogen) atoms. The summed E-state index contributed by atoms with van der Waals surface area (Å²) in [7, 11) is 0. The molecule has 2 aromatic rings. The Morgan fingerprint density at radius 1 is 1.29 bits per heavy atom. The van der Waals surface area contributed by atoms with Crippen molar-refractivity contribution < 1.29 is 0 Å². The van der Waals surface area contributed by atoms with E-state index in [1.807, 2.05) is 12.3 Å². The van der Waals surface area contributed by atoms with E-state index in [9.17, 15) is 0 Å². The molecule has 0 fully saturated rings. The van der Waals surface area contributed by atoms with E-state index in [0.29, 0.717) is 5.82 Å². The van der Waals surface area contributed by atoms with Crippen molar-refractivity contribution >= 4 is 27.2 Å². The van der Waals surface area contributed by atoms with Crippen molar-refractivity contribution in [2.75, 3.05) is 5.73 Å². The first-order valence-corrected chi connectivity index (χ1v) is 5.44. The monoisotopic (exact) mass is 206 g/mol. The summed E-state index contributed by atoms with van der Waals surface area (Å²) < 4.78 is 1.22. The molecule has 2 aromatic heterocycles. The largest absolute Gasteiger partial charge is 0.384 e. The van der Waals surface area contributed by atoms with Crippen LogP contribution in [0.2, 0.25) is 0 Å². The van der Waals surface area contributed by atoms with Crippen LogP contribution in [0.15, 0.2) is 18.3 Å². The van der Waals surface area contributed by atoms with Crippen LogP contribution in [-0.2, 0) is 5.41 Å². The predicted octanol–water partition coefficient (Wildman–Crippen LogP) is 3.18. The Morgan fingerprint density at radius 2 is 2.00 bits per heavy atom. The second-order valence-electron chi connectivity index (χ2n) is 4.51. The third-order valence-corrected chi connectivity index (χ3v) is 3.69. The van der Waals surface area contributed by atoms with E-state index in [2.05, 4.69) is 31.8 Å². The molecule has 0 bridgehead atoms. The van der Waals surface area contributed by atoms with Gasteiger partial charge in [0.2, 0.25) is 0 Å². The van der Waals surface area contributed by atoms with Crippen LogP contribution in [-0.4, -0.2) is 4.98 Å². The summed E-state index contributed by atoms with van der Waals surface area (Å²) >= 11 is 1.80. The topological polar surface area (TPSA) is 38.9 Å². The summed E-state index contributed by atoms with van der Waals surface area (Å²) in [6.07, 6.45) is 1.84. The van der Waals surface area contributed by atoms with Gasteiger partial charge in [0, 0.05) is 21.2 Å². The molecule has 0 radical (unpaired) electrons. The number of fused-ring (bicyclic) bond motifs is 1. The molecular weight excluding hydrogens is 192 g/mol. The van der Waals surface area contributed by atoms with Crippen LogP contribution in [0, 0.1) is 0 Å². The molecule has 0 amide bonds. The molecule has 0 saturated heterocycles. The van der Waals surface area contributed by atoms with Crippen molar-refractivity contribution in [2.24, 2.45) is 0 Å². The van der Waals surface area contributed by atoms with E-state index in [0.717, 1.165) is 0 Å². The molecule has 3 heteroatoms. The van der Waals surface area contributed by atoms with Gasteiger partial charge in [0.05, 0.1) is 0 Å². The van der Waals surface area contributed by atoms with Crippen molar-refractivity contribution in [1.82, 2.24) is 4.98 Å². The quantitative estimate of drug-likeness (QED) is 0.719. The van der Waals surface area contributed by atoms with Gasteiger partial charge in [-0.2, -0.15) is 0 Å². The summed E-state index contributed by atoms with van der Waals surface area (Å²) in [5.74, 6) is 0.597. The first kappa shape index (κ1) is 9.46. The van der Waals surface area contributed by atoms with Crippen LogP contribution in [0.4, 0.5) is 5.82 Å². The number of nitrogen functional groups attached to an aromatic ring is 1. The minimum absolute atomic E-state index is 0.207. The highest BCUT2D eigenvalue weighted by Gasteiger charge is 2.16. The Kier molecular flexibility index (Phi) is 2.00. The second kappa shape index (κ2) is 2.95. The van der Waals surface area contributed by atoms with Gasteiger partial charge in [-0.1, -0.05) is 20.8 Å². The number of anilines is 1. The molecule has 0 saturated carbocycles. The summed E-state index contributed by atoms with van der Waals surface area (Å²) in [6.45, 7) is 6.65. The van der Waals surface area contributed by atoms with E-state index in [1.54, 1.807) is 11.3 Å². The molecule has 2 nitrogen and oxygen atoms in total. The van der Waals surface area contributed by atoms with Crippen molar-refractivity contribution in [3.05, 3.63) is 23.2 Å². The zero-order valence-corrected chi connectivity index (χ0v) is 9.48. The first-order valence-electron chi connectivity index (χ1n) is 4.62. The molecule has 2 N–H and O–H groups in total. The number of thiophene rings is 1. The van der Waals surface area contributed by atoms with E-state index in [4.69, 9.17) is 5.73 Å². The molecule has 74 valence electrons. The minimum atomic E-state index is 0.207. The lowest BCUT2D eigenvalue weighted by Crippen LogP contribution is -2.07. The number of nitrogens with zero attached hydrogens (tertiary/aromatic N) is 1. The fourth-order valence-corrected chi connectivity index (χ4v) is 2.46. The number of nitrogens with two attached hydrogens (primary N) is 1. The molecule has 0 spiro atoms. The lowest BCUT2D eigenvalue weighted by molar-refractivity contribution is 0.604. The average molecular weight is 206 g/mol. The van der Waals surface area contributed by atoms with Gasteiger partial charge in [0.1, 0.15) is 5.82 Å². The summed E-state index contributed by atoms with van der Waals surface area (Å²) in [6, 6.07) is 4.14. The molecule has 0 unspecified atom stereocenters. The van der Waals surface area contributed by atoms with Gasteiger partial charge >= 0.3 is 0 Å². The van der Waals surface area contributed by atoms with Gasteiger partial charge < -0.3 is 5.73 Å². The normalized spacial score (nSPS) is 12.2. The lowest BCUT2D eigenvalue weighted by atomic mass is 9.94. The van der Waals surface area contributed by atoms with Gasteiger partial charge in [0.15, 0.2) is 0 Å². The minimum Gasteiger partial charge on any atom is -0.384 e. The number of rotatable bonds is 0. The Labute approximate surface area is 87.8 Å². The van der Waals surface area contributed by atoms with Crippen molar-refractivity contribution in [3.63, 3.8) is 0 Å². The number of hydrogen-bond donors (Lipinski definition) is 1. The van der Waals surface area contributed by atoms with Crippen LogP contribution in [0.25, 0.3) is 10.1 Å². The van der Waals surface area contributed by atoms with Crippen LogP contribution < -0.4 is 5.73 Å². The molecule has 0 aromatic carbocycles. The van der Waals surface area contributed by atoms with Crippen molar-refractivity contribution in [3.8, 4) is 0 Å². The Hall–Kier alpha value is -1.09. The van der Waals surface area contributed by atoms with Crippen LogP contribution in [0.3, 0.4) is 0 Å². The maximum absolute atomic E-state index is 5.64. The smallest absolute Gasteiger partial charge is 0.124 e. The van der Waals surface area contributed by atoms with Crippen molar-refractivity contribution in [1.29, 1.82) is 0 Å². The number of aromatic nitrogens is 1. The van der Waals surface area contributed by atoms with Crippen LogP contribution >= 0.6 is 11.3 Å². The molecular formula is C11H14N2S. The van der Waals surface area contributed by atoms with Gasteiger partial charge in [-0.25, -0.2) is 4.98 Å². The van der Waals surface area contributed by atoms with Gasteiger partial charge in [-0.05, 0) is 17.5 Å². The molecule has 2 heterocycles. The van der Waals surface area contributed by atoms with Crippen LogP contribution in [0.5, 0.6) is 0 Å². The van der Waals surface area contributed by atoms with E-state index < -0.39 is 0 Å². The standard InChI is InChI=1S/C11H14N2S/c1-11(2,3)9-4-7-6-13-10(12)5-8(7)14-9/h4-6H,1-3H3,(H2,12,13). The van der Waals surface area contributed by atoms with E-state index in [1.165, 1.54) is 15.0 Å². The van der Waals surface area contributed by atoms with E-state index >= 15 is 0 Å². The summed E-state index contributed by atoms with van der Waals surface area (Å²) in [4.78, 5) is 5.46. The summed E-state index contributed by atoms with van der Waals surface area (Å²) in [5, 5.41) is 1.19. The zero-order chi connectivity index (χ0) is 10.3. The van der Waals surface area contributed by atoms with Gasteiger partial charge in [-0.15, -0.1) is 11.3 Å². The fourth-order valence-electron chi connectivity index (χ4n) is 1.32. The Bertz CT molecular complexity index is 466. The molecule has 0 atom stereocenters. The summed E-state index contributed by atoms with van der Waals surface area (Å²) in [5.41, 5.74) is 5.84. The van der Waals surface area contributed by atoms with Gasteiger partial charge in [0.25, 0.3) is 0 Å². The third kappa shape index (κ3) is 1.60. The number of hydrogen-bond acceptors (Lipinski definition) is 3. The maximum Gasteiger partial charge on any atom is 0.124 e. The molecule has 0 aliphatic heterocycles. The lowest BCUT2D eigenvalue weighted by Gasteiger charge is -2.14. The van der Waals surface area contributed by atoms with E-state index in [-0.39, 0.29) is 5.41 Å². The molecule has 2 rings (SSSR count). The SMILES string of the molecule is CC(C)(C)c1cc2cnc(N)cc2s1. The molecule has 0 aliphatic carbocycles.